The van der Waals surface area contributed by atoms with Gasteiger partial charge in [0.1, 0.15) is 0 Å². The van der Waals surface area contributed by atoms with Crippen LogP contribution >= 0.6 is 35.0 Å². The second-order valence-corrected chi connectivity index (χ2v) is 8.65. The third kappa shape index (κ3) is 4.78. The molecule has 2 aromatic rings. The van der Waals surface area contributed by atoms with E-state index in [-0.39, 0.29) is 23.7 Å². The van der Waals surface area contributed by atoms with Crippen molar-refractivity contribution in [3.8, 4) is 0 Å². The third-order valence-electron chi connectivity index (χ3n) is 4.05. The SMILES string of the molecule is CC(C)OC(=O)CC1SC(c2ccccc2Cl)c2cc(Cl)ccc2NC1=O. The highest BCUT2D eigenvalue weighted by Gasteiger charge is 2.34. The number of hydrogen-bond acceptors (Lipinski definition) is 4. The highest BCUT2D eigenvalue weighted by Crippen LogP contribution is 2.47. The standard InChI is InChI=1S/C20H19Cl2NO3S/c1-11(2)26-18(24)10-17-20(25)23-16-8-7-12(21)9-14(16)19(27-17)13-5-3-4-6-15(13)22/h3-9,11,17,19H,10H2,1-2H3,(H,23,25). The molecule has 2 aromatic carbocycles. The molecule has 0 saturated heterocycles. The van der Waals surface area contributed by atoms with Crippen molar-refractivity contribution in [2.45, 2.75) is 36.9 Å². The molecule has 1 aliphatic heterocycles. The summed E-state index contributed by atoms with van der Waals surface area (Å²) in [5.74, 6) is -0.640. The summed E-state index contributed by atoms with van der Waals surface area (Å²) >= 11 is 14.0. The molecular weight excluding hydrogens is 405 g/mol. The number of halogens is 2. The average Bonchev–Trinajstić information content (AvgIpc) is 2.72. The zero-order valence-corrected chi connectivity index (χ0v) is 17.2. The fraction of sp³-hybridized carbons (Fsp3) is 0.300. The van der Waals surface area contributed by atoms with E-state index in [0.717, 1.165) is 11.1 Å². The number of benzene rings is 2. The Morgan fingerprint density at radius 2 is 1.93 bits per heavy atom. The molecule has 2 unspecified atom stereocenters. The number of rotatable bonds is 4. The van der Waals surface area contributed by atoms with Crippen molar-refractivity contribution in [2.24, 2.45) is 0 Å². The van der Waals surface area contributed by atoms with Crippen LogP contribution in [0.25, 0.3) is 0 Å². The molecule has 0 bridgehead atoms. The van der Waals surface area contributed by atoms with Crippen LogP contribution < -0.4 is 5.32 Å². The summed E-state index contributed by atoms with van der Waals surface area (Å²) in [5.41, 5.74) is 2.39. The normalized spacial score (nSPS) is 19.2. The van der Waals surface area contributed by atoms with Gasteiger partial charge in [-0.2, -0.15) is 0 Å². The van der Waals surface area contributed by atoms with E-state index in [9.17, 15) is 9.59 Å². The lowest BCUT2D eigenvalue weighted by Crippen LogP contribution is -2.28. The molecular formula is C20H19Cl2NO3S. The minimum atomic E-state index is -0.608. The van der Waals surface area contributed by atoms with Crippen LogP contribution in [0.2, 0.25) is 10.0 Å². The fourth-order valence-corrected chi connectivity index (χ4v) is 4.84. The van der Waals surface area contributed by atoms with Gasteiger partial charge >= 0.3 is 5.97 Å². The average molecular weight is 424 g/mol. The van der Waals surface area contributed by atoms with Crippen LogP contribution in [-0.4, -0.2) is 23.2 Å². The Hall–Kier alpha value is -1.69. The van der Waals surface area contributed by atoms with Crippen molar-refractivity contribution in [1.82, 2.24) is 0 Å². The van der Waals surface area contributed by atoms with Crippen molar-refractivity contribution in [3.63, 3.8) is 0 Å². The van der Waals surface area contributed by atoms with Gasteiger partial charge in [0.15, 0.2) is 0 Å². The van der Waals surface area contributed by atoms with Crippen LogP contribution in [-0.2, 0) is 14.3 Å². The molecule has 3 rings (SSSR count). The van der Waals surface area contributed by atoms with E-state index in [1.807, 2.05) is 30.3 Å². The molecule has 1 aliphatic rings. The molecule has 7 heteroatoms. The van der Waals surface area contributed by atoms with Crippen LogP contribution in [0.15, 0.2) is 42.5 Å². The maximum atomic E-state index is 12.7. The molecule has 142 valence electrons. The maximum Gasteiger partial charge on any atom is 0.307 e. The van der Waals surface area contributed by atoms with Crippen LogP contribution in [0.1, 0.15) is 36.6 Å². The van der Waals surface area contributed by atoms with Gasteiger partial charge in [-0.1, -0.05) is 41.4 Å². The molecule has 1 amide bonds. The summed E-state index contributed by atoms with van der Waals surface area (Å²) in [4.78, 5) is 24.9. The smallest absolute Gasteiger partial charge is 0.307 e. The number of carbonyl (C=O) groups is 2. The Bertz CT molecular complexity index is 872. The number of ether oxygens (including phenoxy) is 1. The van der Waals surface area contributed by atoms with E-state index >= 15 is 0 Å². The zero-order valence-electron chi connectivity index (χ0n) is 14.9. The maximum absolute atomic E-state index is 12.7. The van der Waals surface area contributed by atoms with E-state index in [1.165, 1.54) is 11.8 Å². The van der Waals surface area contributed by atoms with Gasteiger partial charge < -0.3 is 10.1 Å². The topological polar surface area (TPSA) is 55.4 Å². The number of esters is 1. The third-order valence-corrected chi connectivity index (χ3v) is 6.12. The van der Waals surface area contributed by atoms with E-state index in [1.54, 1.807) is 26.0 Å². The molecule has 1 N–H and O–H groups in total. The molecule has 0 saturated carbocycles. The lowest BCUT2D eigenvalue weighted by molar-refractivity contribution is -0.148. The van der Waals surface area contributed by atoms with Gasteiger partial charge in [-0.25, -0.2) is 0 Å². The second-order valence-electron chi connectivity index (χ2n) is 6.49. The number of anilines is 1. The lowest BCUT2D eigenvalue weighted by Gasteiger charge is -2.21. The van der Waals surface area contributed by atoms with Gasteiger partial charge in [0, 0.05) is 15.7 Å². The summed E-state index contributed by atoms with van der Waals surface area (Å²) in [6.45, 7) is 3.56. The van der Waals surface area contributed by atoms with E-state index < -0.39 is 11.2 Å². The predicted molar refractivity (Wildman–Crippen MR) is 111 cm³/mol. The van der Waals surface area contributed by atoms with Gasteiger partial charge in [0.2, 0.25) is 5.91 Å². The monoisotopic (exact) mass is 423 g/mol. The molecule has 0 aromatic heterocycles. The van der Waals surface area contributed by atoms with Gasteiger partial charge in [-0.05, 0) is 49.2 Å². The number of fused-ring (bicyclic) bond motifs is 1. The molecule has 0 radical (unpaired) electrons. The van der Waals surface area contributed by atoms with Crippen molar-refractivity contribution >= 4 is 52.5 Å². The summed E-state index contributed by atoms with van der Waals surface area (Å²) in [6, 6.07) is 12.8. The van der Waals surface area contributed by atoms with Crippen molar-refractivity contribution in [1.29, 1.82) is 0 Å². The van der Waals surface area contributed by atoms with E-state index in [0.29, 0.717) is 15.7 Å². The van der Waals surface area contributed by atoms with Crippen LogP contribution in [0.3, 0.4) is 0 Å². The van der Waals surface area contributed by atoms with Crippen molar-refractivity contribution < 1.29 is 14.3 Å². The molecule has 0 aliphatic carbocycles. The molecule has 0 fully saturated rings. The first-order valence-corrected chi connectivity index (χ1v) is 10.2. The van der Waals surface area contributed by atoms with E-state index in [4.69, 9.17) is 27.9 Å². The van der Waals surface area contributed by atoms with Gasteiger partial charge in [0.25, 0.3) is 0 Å². The molecule has 0 spiro atoms. The minimum absolute atomic E-state index is 0.0165. The molecule has 1 heterocycles. The number of carbonyl (C=O) groups excluding carboxylic acids is 2. The van der Waals surface area contributed by atoms with Crippen LogP contribution in [0.4, 0.5) is 5.69 Å². The molecule has 27 heavy (non-hydrogen) atoms. The summed E-state index contributed by atoms with van der Waals surface area (Å²) in [5, 5.41) is 3.22. The lowest BCUT2D eigenvalue weighted by atomic mass is 10.0. The Labute approximate surface area is 172 Å². The minimum Gasteiger partial charge on any atom is -0.463 e. The largest absolute Gasteiger partial charge is 0.463 e. The van der Waals surface area contributed by atoms with Gasteiger partial charge in [0.05, 0.1) is 23.0 Å². The zero-order chi connectivity index (χ0) is 19.6. The van der Waals surface area contributed by atoms with Crippen molar-refractivity contribution in [3.05, 3.63) is 63.6 Å². The number of nitrogens with one attached hydrogen (secondary N) is 1. The first-order valence-electron chi connectivity index (χ1n) is 8.55. The Morgan fingerprint density at radius 3 is 2.63 bits per heavy atom. The Kier molecular flexibility index (Phi) is 6.35. The summed E-state index contributed by atoms with van der Waals surface area (Å²) in [7, 11) is 0. The Balaban J connectivity index is 2.00. The van der Waals surface area contributed by atoms with Gasteiger partial charge in [-0.15, -0.1) is 11.8 Å². The second kappa shape index (κ2) is 8.55. The first-order chi connectivity index (χ1) is 12.8. The summed E-state index contributed by atoms with van der Waals surface area (Å²) in [6.07, 6.45) is -0.246. The van der Waals surface area contributed by atoms with Crippen molar-refractivity contribution in [2.75, 3.05) is 5.32 Å². The molecule has 2 atom stereocenters. The molecule has 4 nitrogen and oxygen atoms in total. The fourth-order valence-electron chi connectivity index (χ4n) is 2.91. The highest BCUT2D eigenvalue weighted by atomic mass is 35.5. The van der Waals surface area contributed by atoms with Crippen LogP contribution in [0, 0.1) is 0 Å². The Morgan fingerprint density at radius 1 is 1.19 bits per heavy atom. The van der Waals surface area contributed by atoms with E-state index in [2.05, 4.69) is 5.32 Å². The quantitative estimate of drug-likeness (QED) is 0.661. The highest BCUT2D eigenvalue weighted by molar-refractivity contribution is 8.01. The van der Waals surface area contributed by atoms with Crippen LogP contribution in [0.5, 0.6) is 0 Å². The first kappa shape index (κ1) is 20.1. The summed E-state index contributed by atoms with van der Waals surface area (Å²) < 4.78 is 5.22. The number of amides is 1. The number of thioether (sulfide) groups is 1. The van der Waals surface area contributed by atoms with Gasteiger partial charge in [-0.3, -0.25) is 9.59 Å². The predicted octanol–water partition coefficient (Wildman–Crippen LogP) is 5.48. The number of hydrogen-bond donors (Lipinski definition) is 1.